The van der Waals surface area contributed by atoms with Gasteiger partial charge in [0.1, 0.15) is 6.10 Å². The molecule has 0 fully saturated rings. The molecule has 0 saturated heterocycles. The van der Waals surface area contributed by atoms with Crippen LogP contribution in [0.2, 0.25) is 0 Å². The van der Waals surface area contributed by atoms with E-state index in [1.54, 1.807) is 0 Å². The van der Waals surface area contributed by atoms with E-state index in [9.17, 15) is 5.11 Å². The van der Waals surface area contributed by atoms with Crippen molar-refractivity contribution in [3.63, 3.8) is 0 Å². The molecule has 3 nitrogen and oxygen atoms in total. The topological polar surface area (TPSA) is 60.7 Å². The summed E-state index contributed by atoms with van der Waals surface area (Å²) in [5.41, 5.74) is 0. The molecule has 0 bridgehead atoms. The van der Waals surface area contributed by atoms with Gasteiger partial charge in [-0.05, 0) is 12.3 Å². The minimum atomic E-state index is -0.989. The lowest BCUT2D eigenvalue weighted by atomic mass is 9.96. The van der Waals surface area contributed by atoms with Gasteiger partial charge in [0.15, 0.2) is 0 Å². The summed E-state index contributed by atoms with van der Waals surface area (Å²) in [7, 11) is 0. The molecule has 0 heterocycles. The Kier molecular flexibility index (Phi) is 5.46. The zero-order chi connectivity index (χ0) is 8.85. The smallest absolute Gasteiger partial charge is 0.103 e. The van der Waals surface area contributed by atoms with Gasteiger partial charge < -0.3 is 15.3 Å². The highest BCUT2D eigenvalue weighted by Gasteiger charge is 2.20. The first-order valence-electron chi connectivity index (χ1n) is 4.10. The molecule has 11 heavy (non-hydrogen) atoms. The monoisotopic (exact) mass is 162 g/mol. The number of hydrogen-bond acceptors (Lipinski definition) is 3. The van der Waals surface area contributed by atoms with E-state index in [1.165, 1.54) is 0 Å². The maximum atomic E-state index is 9.31. The van der Waals surface area contributed by atoms with E-state index in [2.05, 4.69) is 0 Å². The molecule has 3 heteroatoms. The Hall–Kier alpha value is -0.120. The average molecular weight is 162 g/mol. The molecule has 0 aliphatic heterocycles. The minimum absolute atomic E-state index is 0.0575. The Morgan fingerprint density at radius 1 is 1.27 bits per heavy atom. The Labute approximate surface area is 67.7 Å². The van der Waals surface area contributed by atoms with Crippen LogP contribution in [0, 0.1) is 5.92 Å². The van der Waals surface area contributed by atoms with E-state index in [-0.39, 0.29) is 12.5 Å². The van der Waals surface area contributed by atoms with Gasteiger partial charge in [-0.1, -0.05) is 20.3 Å². The predicted molar refractivity (Wildman–Crippen MR) is 43.2 cm³/mol. The second-order valence-electron chi connectivity index (χ2n) is 3.01. The summed E-state index contributed by atoms with van der Waals surface area (Å²) < 4.78 is 0. The van der Waals surface area contributed by atoms with E-state index in [0.717, 1.165) is 12.8 Å². The number of aliphatic hydroxyl groups excluding tert-OH is 3. The number of hydrogen-bond donors (Lipinski definition) is 3. The van der Waals surface area contributed by atoms with E-state index < -0.39 is 12.2 Å². The van der Waals surface area contributed by atoms with E-state index >= 15 is 0 Å². The summed E-state index contributed by atoms with van der Waals surface area (Å²) in [6, 6.07) is 0. The fourth-order valence-corrected chi connectivity index (χ4v) is 1.11. The van der Waals surface area contributed by atoms with Gasteiger partial charge in [-0.3, -0.25) is 0 Å². The van der Waals surface area contributed by atoms with Gasteiger partial charge in [0.25, 0.3) is 0 Å². The zero-order valence-electron chi connectivity index (χ0n) is 7.20. The summed E-state index contributed by atoms with van der Waals surface area (Å²) in [5, 5.41) is 26.8. The summed E-state index contributed by atoms with van der Waals surface area (Å²) in [5.74, 6) is 0.0575. The van der Waals surface area contributed by atoms with Crippen molar-refractivity contribution in [1.29, 1.82) is 0 Å². The summed E-state index contributed by atoms with van der Waals surface area (Å²) in [6.07, 6.45) is 0.0747. The van der Waals surface area contributed by atoms with Crippen molar-refractivity contribution in [2.45, 2.75) is 38.9 Å². The van der Waals surface area contributed by atoms with Crippen LogP contribution in [0.1, 0.15) is 26.7 Å². The molecule has 0 aromatic rings. The highest BCUT2D eigenvalue weighted by Crippen LogP contribution is 2.13. The van der Waals surface area contributed by atoms with Crippen molar-refractivity contribution in [3.8, 4) is 0 Å². The first-order chi connectivity index (χ1) is 5.13. The molecule has 0 amide bonds. The third kappa shape index (κ3) is 3.70. The molecule has 0 aliphatic carbocycles. The van der Waals surface area contributed by atoms with E-state index in [1.807, 2.05) is 13.8 Å². The molecule has 0 rings (SSSR count). The van der Waals surface area contributed by atoms with Crippen molar-refractivity contribution >= 4 is 0 Å². The molecule has 0 aromatic heterocycles. The largest absolute Gasteiger partial charge is 0.394 e. The van der Waals surface area contributed by atoms with Crippen molar-refractivity contribution < 1.29 is 15.3 Å². The molecule has 0 aromatic carbocycles. The quantitative estimate of drug-likeness (QED) is 0.539. The lowest BCUT2D eigenvalue weighted by Gasteiger charge is -2.21. The van der Waals surface area contributed by atoms with E-state index in [4.69, 9.17) is 10.2 Å². The SMILES string of the molecule is CCCC(C)C(O)C(O)CO. The van der Waals surface area contributed by atoms with Crippen molar-refractivity contribution in [3.05, 3.63) is 0 Å². The average Bonchev–Trinajstić information content (AvgIpc) is 2.02. The Morgan fingerprint density at radius 3 is 2.18 bits per heavy atom. The number of aliphatic hydroxyl groups is 3. The van der Waals surface area contributed by atoms with Gasteiger partial charge in [-0.2, -0.15) is 0 Å². The summed E-state index contributed by atoms with van der Waals surface area (Å²) >= 11 is 0. The van der Waals surface area contributed by atoms with Crippen LogP contribution in [0.4, 0.5) is 0 Å². The third-order valence-corrected chi connectivity index (χ3v) is 1.91. The maximum Gasteiger partial charge on any atom is 0.103 e. The molecular weight excluding hydrogens is 144 g/mol. The Bertz CT molecular complexity index is 95.3. The van der Waals surface area contributed by atoms with Gasteiger partial charge in [0.2, 0.25) is 0 Å². The van der Waals surface area contributed by atoms with Crippen molar-refractivity contribution in [2.75, 3.05) is 6.61 Å². The first kappa shape index (κ1) is 10.9. The molecule has 0 aliphatic rings. The van der Waals surface area contributed by atoms with Crippen LogP contribution in [0.5, 0.6) is 0 Å². The highest BCUT2D eigenvalue weighted by atomic mass is 16.4. The van der Waals surface area contributed by atoms with Crippen LogP contribution in [0.15, 0.2) is 0 Å². The standard InChI is InChI=1S/C8H18O3/c1-3-4-6(2)8(11)7(10)5-9/h6-11H,3-5H2,1-2H3. The summed E-state index contributed by atoms with van der Waals surface area (Å²) in [4.78, 5) is 0. The van der Waals surface area contributed by atoms with Gasteiger partial charge in [0.05, 0.1) is 12.7 Å². The molecule has 0 spiro atoms. The molecule has 68 valence electrons. The van der Waals surface area contributed by atoms with Crippen LogP contribution < -0.4 is 0 Å². The van der Waals surface area contributed by atoms with Crippen molar-refractivity contribution in [1.82, 2.24) is 0 Å². The van der Waals surface area contributed by atoms with Gasteiger partial charge in [-0.25, -0.2) is 0 Å². The fraction of sp³-hybridized carbons (Fsp3) is 1.00. The second kappa shape index (κ2) is 5.52. The lowest BCUT2D eigenvalue weighted by molar-refractivity contribution is -0.0409. The van der Waals surface area contributed by atoms with Crippen LogP contribution in [0.3, 0.4) is 0 Å². The molecule has 3 unspecified atom stereocenters. The zero-order valence-corrected chi connectivity index (χ0v) is 7.20. The normalized spacial score (nSPS) is 19.4. The molecule has 3 atom stereocenters. The minimum Gasteiger partial charge on any atom is -0.394 e. The predicted octanol–water partition coefficient (Wildman–Crippen LogP) is 0.137. The second-order valence-corrected chi connectivity index (χ2v) is 3.01. The highest BCUT2D eigenvalue weighted by molar-refractivity contribution is 4.71. The van der Waals surface area contributed by atoms with Crippen LogP contribution in [-0.4, -0.2) is 34.1 Å². The Morgan fingerprint density at radius 2 is 1.82 bits per heavy atom. The van der Waals surface area contributed by atoms with Gasteiger partial charge in [-0.15, -0.1) is 0 Å². The van der Waals surface area contributed by atoms with Crippen LogP contribution in [-0.2, 0) is 0 Å². The molecule has 3 N–H and O–H groups in total. The van der Waals surface area contributed by atoms with Crippen molar-refractivity contribution in [2.24, 2.45) is 5.92 Å². The molecular formula is C8H18O3. The van der Waals surface area contributed by atoms with Crippen LogP contribution >= 0.6 is 0 Å². The van der Waals surface area contributed by atoms with Gasteiger partial charge >= 0.3 is 0 Å². The van der Waals surface area contributed by atoms with Crippen LogP contribution in [0.25, 0.3) is 0 Å². The van der Waals surface area contributed by atoms with E-state index in [0.29, 0.717) is 0 Å². The first-order valence-corrected chi connectivity index (χ1v) is 4.10. The third-order valence-electron chi connectivity index (χ3n) is 1.91. The lowest BCUT2D eigenvalue weighted by Crippen LogP contribution is -2.34. The fourth-order valence-electron chi connectivity index (χ4n) is 1.11. The Balaban J connectivity index is 3.70. The summed E-state index contributed by atoms with van der Waals surface area (Å²) in [6.45, 7) is 3.52. The molecule has 0 radical (unpaired) electrons. The maximum absolute atomic E-state index is 9.31. The van der Waals surface area contributed by atoms with Gasteiger partial charge in [0, 0.05) is 0 Å². The molecule has 0 saturated carbocycles. The number of rotatable bonds is 5.